The molecule has 172 valence electrons. The number of oxime groups is 1. The molecular weight excluding hydrogens is 421 g/mol. The molecule has 0 saturated heterocycles. The zero-order valence-electron chi connectivity index (χ0n) is 19.1. The van der Waals surface area contributed by atoms with E-state index in [2.05, 4.69) is 32.0 Å². The van der Waals surface area contributed by atoms with Gasteiger partial charge in [-0.15, -0.1) is 0 Å². The predicted octanol–water partition coefficient (Wildman–Crippen LogP) is 6.62. The summed E-state index contributed by atoms with van der Waals surface area (Å²) in [6.45, 7) is 9.07. The minimum atomic E-state index is -1.05. The minimum absolute atomic E-state index is 0.105. The molecular formula is C24H33ClFNO4. The second-order valence-electron chi connectivity index (χ2n) is 8.49. The van der Waals surface area contributed by atoms with E-state index in [0.29, 0.717) is 23.5 Å². The van der Waals surface area contributed by atoms with Crippen LogP contribution in [0.4, 0.5) is 4.39 Å². The number of ether oxygens (including phenoxy) is 2. The first kappa shape index (κ1) is 25.1. The largest absolute Gasteiger partial charge is 0.504 e. The molecule has 1 saturated carbocycles. The lowest BCUT2D eigenvalue weighted by Gasteiger charge is -2.43. The Morgan fingerprint density at radius 2 is 2.03 bits per heavy atom. The monoisotopic (exact) mass is 453 g/mol. The molecule has 1 fully saturated rings. The molecule has 0 aromatic heterocycles. The van der Waals surface area contributed by atoms with E-state index in [4.69, 9.17) is 21.1 Å². The Hall–Kier alpha value is -2.21. The van der Waals surface area contributed by atoms with Gasteiger partial charge in [0.25, 0.3) is 0 Å². The fourth-order valence-electron chi connectivity index (χ4n) is 4.23. The summed E-state index contributed by atoms with van der Waals surface area (Å²) >= 11 is 6.34. The van der Waals surface area contributed by atoms with E-state index >= 15 is 0 Å². The Morgan fingerprint density at radius 1 is 1.35 bits per heavy atom. The summed E-state index contributed by atoms with van der Waals surface area (Å²) in [5, 5.41) is 23.7. The van der Waals surface area contributed by atoms with E-state index in [0.717, 1.165) is 24.1 Å². The molecule has 3 atom stereocenters. The third-order valence-electron chi connectivity index (χ3n) is 6.84. The second-order valence-corrected chi connectivity index (χ2v) is 8.86. The molecule has 1 aliphatic rings. The Labute approximate surface area is 189 Å². The first-order valence-corrected chi connectivity index (χ1v) is 10.8. The van der Waals surface area contributed by atoms with Crippen LogP contribution in [0, 0.1) is 24.2 Å². The number of phenols is 1. The van der Waals surface area contributed by atoms with Crippen LogP contribution in [0.2, 0.25) is 5.02 Å². The maximum atomic E-state index is 12.9. The molecule has 1 aromatic carbocycles. The lowest BCUT2D eigenvalue weighted by molar-refractivity contribution is 0.184. The van der Waals surface area contributed by atoms with Crippen LogP contribution in [-0.2, 0) is 6.42 Å². The van der Waals surface area contributed by atoms with Crippen molar-refractivity contribution in [3.63, 3.8) is 0 Å². The van der Waals surface area contributed by atoms with Crippen molar-refractivity contribution in [2.75, 3.05) is 14.0 Å². The highest BCUT2D eigenvalue weighted by Gasteiger charge is 2.40. The SMILES string of the molecule is COc1c(C)c(Cl)c(OCF)c(C/C=C(C)/C=C/[C@@]2(C)[C@H](C)CC/C(=N\O)[C@@H]2C)c1O. The van der Waals surface area contributed by atoms with Crippen LogP contribution in [0.5, 0.6) is 17.2 Å². The number of hydrogen-bond donors (Lipinski definition) is 2. The molecule has 0 amide bonds. The predicted molar refractivity (Wildman–Crippen MR) is 123 cm³/mol. The number of hydrogen-bond acceptors (Lipinski definition) is 5. The van der Waals surface area contributed by atoms with E-state index in [1.54, 1.807) is 6.92 Å². The second kappa shape index (κ2) is 10.4. The fraction of sp³-hybridized carbons (Fsp3) is 0.542. The third-order valence-corrected chi connectivity index (χ3v) is 7.29. The molecule has 31 heavy (non-hydrogen) atoms. The molecule has 2 rings (SSSR count). The highest BCUT2D eigenvalue weighted by atomic mass is 35.5. The van der Waals surface area contributed by atoms with Gasteiger partial charge in [0, 0.05) is 17.0 Å². The van der Waals surface area contributed by atoms with Crippen LogP contribution >= 0.6 is 11.6 Å². The standard InChI is InChI=1S/C24H33ClFNO4/c1-14(11-12-24(5)15(2)8-10-19(27-29)17(24)4)7-9-18-21(28)22(30-6)16(3)20(25)23(18)31-13-26/h7,11-12,15,17,28-29H,8-10,13H2,1-6H3/b12-11+,14-7+,27-19+/t15-,17+,24+/m1/s1. The molecule has 0 unspecified atom stereocenters. The van der Waals surface area contributed by atoms with E-state index < -0.39 is 6.86 Å². The molecule has 5 nitrogen and oxygen atoms in total. The van der Waals surface area contributed by atoms with Crippen molar-refractivity contribution in [3.8, 4) is 17.2 Å². The van der Waals surface area contributed by atoms with E-state index in [1.807, 2.05) is 19.1 Å². The Balaban J connectivity index is 2.34. The Kier molecular flexibility index (Phi) is 8.41. The lowest BCUT2D eigenvalue weighted by Crippen LogP contribution is -2.40. The van der Waals surface area contributed by atoms with Gasteiger partial charge in [0.05, 0.1) is 17.8 Å². The zero-order valence-corrected chi connectivity index (χ0v) is 19.9. The van der Waals surface area contributed by atoms with Gasteiger partial charge in [0.1, 0.15) is 5.75 Å². The quantitative estimate of drug-likeness (QED) is 0.276. The summed E-state index contributed by atoms with van der Waals surface area (Å²) in [7, 11) is 1.44. The van der Waals surface area contributed by atoms with Crippen molar-refractivity contribution in [1.29, 1.82) is 0 Å². The smallest absolute Gasteiger partial charge is 0.228 e. The topological polar surface area (TPSA) is 71.3 Å². The van der Waals surface area contributed by atoms with Crippen LogP contribution in [0.3, 0.4) is 0 Å². The molecule has 1 aromatic rings. The summed E-state index contributed by atoms with van der Waals surface area (Å²) in [6.07, 6.45) is 8.19. The van der Waals surface area contributed by atoms with Crippen molar-refractivity contribution in [2.45, 2.75) is 53.9 Å². The van der Waals surface area contributed by atoms with Crippen LogP contribution in [0.25, 0.3) is 0 Å². The fourth-order valence-corrected chi connectivity index (χ4v) is 4.49. The number of halogens is 2. The molecule has 2 N–H and O–H groups in total. The van der Waals surface area contributed by atoms with Crippen LogP contribution in [-0.4, -0.2) is 30.0 Å². The molecule has 0 radical (unpaired) electrons. The maximum absolute atomic E-state index is 12.9. The van der Waals surface area contributed by atoms with Crippen LogP contribution in [0.15, 0.2) is 29.0 Å². The normalized spacial score (nSPS) is 25.9. The van der Waals surface area contributed by atoms with Gasteiger partial charge >= 0.3 is 0 Å². The molecule has 0 heterocycles. The number of alkyl halides is 1. The summed E-state index contributed by atoms with van der Waals surface area (Å²) in [6, 6.07) is 0. The highest BCUT2D eigenvalue weighted by Crippen LogP contribution is 2.47. The van der Waals surface area contributed by atoms with Crippen LogP contribution in [0.1, 0.15) is 51.7 Å². The Morgan fingerprint density at radius 3 is 2.61 bits per heavy atom. The number of phenolic OH excluding ortho intramolecular Hbond substituents is 1. The number of benzene rings is 1. The summed E-state index contributed by atoms with van der Waals surface area (Å²) in [4.78, 5) is 0. The first-order valence-electron chi connectivity index (χ1n) is 10.5. The van der Waals surface area contributed by atoms with Crippen molar-refractivity contribution in [2.24, 2.45) is 22.4 Å². The molecule has 0 spiro atoms. The molecule has 1 aliphatic carbocycles. The van der Waals surface area contributed by atoms with E-state index in [1.165, 1.54) is 7.11 Å². The first-order chi connectivity index (χ1) is 14.6. The van der Waals surface area contributed by atoms with Crippen molar-refractivity contribution in [1.82, 2.24) is 0 Å². The average Bonchev–Trinajstić information content (AvgIpc) is 2.75. The van der Waals surface area contributed by atoms with Gasteiger partial charge in [0.15, 0.2) is 11.5 Å². The summed E-state index contributed by atoms with van der Waals surface area (Å²) in [5.41, 5.74) is 2.51. The van der Waals surface area contributed by atoms with Crippen molar-refractivity contribution >= 4 is 17.3 Å². The lowest BCUT2D eigenvalue weighted by atomic mass is 9.61. The summed E-state index contributed by atoms with van der Waals surface area (Å²) in [5.74, 6) is 0.829. The molecule has 0 aliphatic heterocycles. The highest BCUT2D eigenvalue weighted by molar-refractivity contribution is 6.33. The average molecular weight is 454 g/mol. The zero-order chi connectivity index (χ0) is 23.3. The van der Waals surface area contributed by atoms with Gasteiger partial charge in [-0.1, -0.05) is 61.3 Å². The Bertz CT molecular complexity index is 896. The molecule has 0 bridgehead atoms. The van der Waals surface area contributed by atoms with Gasteiger partial charge < -0.3 is 19.8 Å². The van der Waals surface area contributed by atoms with E-state index in [-0.39, 0.29) is 33.6 Å². The third kappa shape index (κ3) is 5.00. The van der Waals surface area contributed by atoms with Crippen molar-refractivity contribution < 1.29 is 24.2 Å². The number of methoxy groups -OCH3 is 1. The van der Waals surface area contributed by atoms with Gasteiger partial charge in [-0.3, -0.25) is 0 Å². The minimum Gasteiger partial charge on any atom is -0.504 e. The van der Waals surface area contributed by atoms with Gasteiger partial charge in [-0.25, -0.2) is 4.39 Å². The molecule has 7 heteroatoms. The number of aromatic hydroxyl groups is 1. The van der Waals surface area contributed by atoms with Gasteiger partial charge in [-0.2, -0.15) is 0 Å². The van der Waals surface area contributed by atoms with Gasteiger partial charge in [0.2, 0.25) is 6.86 Å². The van der Waals surface area contributed by atoms with Crippen LogP contribution < -0.4 is 9.47 Å². The summed E-state index contributed by atoms with van der Waals surface area (Å²) < 4.78 is 23.3. The van der Waals surface area contributed by atoms with Gasteiger partial charge in [-0.05, 0) is 44.4 Å². The van der Waals surface area contributed by atoms with Crippen molar-refractivity contribution in [3.05, 3.63) is 40.0 Å². The number of allylic oxidation sites excluding steroid dienone is 4. The number of nitrogens with zero attached hydrogens (tertiary/aromatic N) is 1. The maximum Gasteiger partial charge on any atom is 0.228 e. The van der Waals surface area contributed by atoms with E-state index in [9.17, 15) is 14.7 Å². The number of rotatable bonds is 7.